The normalized spacial score (nSPS) is 24.9. The molecule has 1 heterocycles. The van der Waals surface area contributed by atoms with Crippen LogP contribution in [0.5, 0.6) is 0 Å². The van der Waals surface area contributed by atoms with Gasteiger partial charge in [-0.3, -0.25) is 0 Å². The van der Waals surface area contributed by atoms with Gasteiger partial charge in [-0.2, -0.15) is 0 Å². The van der Waals surface area contributed by atoms with Crippen molar-refractivity contribution in [2.75, 3.05) is 11.5 Å². The molecule has 88 valence electrons. The summed E-state index contributed by atoms with van der Waals surface area (Å²) in [5, 5.41) is 0. The fourth-order valence-corrected chi connectivity index (χ4v) is 3.09. The van der Waals surface area contributed by atoms with Gasteiger partial charge in [0, 0.05) is 16.3 Å². The van der Waals surface area contributed by atoms with E-state index in [1.807, 2.05) is 17.8 Å². The second-order valence-corrected chi connectivity index (χ2v) is 5.54. The first kappa shape index (κ1) is 11.8. The molecule has 0 radical (unpaired) electrons. The number of anilines is 1. The van der Waals surface area contributed by atoms with Gasteiger partial charge < -0.3 is 10.5 Å². The van der Waals surface area contributed by atoms with Gasteiger partial charge >= 0.3 is 0 Å². The molecule has 2 rings (SSSR count). The first-order valence-corrected chi connectivity index (χ1v) is 6.78. The maximum absolute atomic E-state index is 5.80. The van der Waals surface area contributed by atoms with E-state index >= 15 is 0 Å². The molecule has 1 aromatic carbocycles. The number of thioether (sulfide) groups is 1. The molecule has 1 aliphatic heterocycles. The number of ether oxygens (including phenoxy) is 1. The van der Waals surface area contributed by atoms with Crippen LogP contribution in [0.25, 0.3) is 0 Å². The van der Waals surface area contributed by atoms with E-state index < -0.39 is 0 Å². The SMILES string of the molecule is Cc1ccc(N)cc1SCC1CCC(C)O1. The molecule has 3 heteroatoms. The van der Waals surface area contributed by atoms with Crippen LogP contribution in [0.4, 0.5) is 5.69 Å². The molecule has 0 spiro atoms. The lowest BCUT2D eigenvalue weighted by molar-refractivity contribution is 0.0700. The van der Waals surface area contributed by atoms with Crippen molar-refractivity contribution in [1.29, 1.82) is 0 Å². The molecule has 0 aromatic heterocycles. The maximum atomic E-state index is 5.80. The first-order chi connectivity index (χ1) is 7.65. The van der Waals surface area contributed by atoms with Gasteiger partial charge in [0.25, 0.3) is 0 Å². The summed E-state index contributed by atoms with van der Waals surface area (Å²) in [4.78, 5) is 1.28. The highest BCUT2D eigenvalue weighted by atomic mass is 32.2. The molecule has 1 saturated heterocycles. The molecule has 1 aromatic rings. The number of hydrogen-bond acceptors (Lipinski definition) is 3. The van der Waals surface area contributed by atoms with Crippen molar-refractivity contribution >= 4 is 17.4 Å². The van der Waals surface area contributed by atoms with Gasteiger partial charge in [0.15, 0.2) is 0 Å². The Kier molecular flexibility index (Phi) is 3.77. The Labute approximate surface area is 102 Å². The second-order valence-electron chi connectivity index (χ2n) is 4.48. The molecular weight excluding hydrogens is 218 g/mol. The zero-order valence-electron chi connectivity index (χ0n) is 9.90. The van der Waals surface area contributed by atoms with Crippen LogP contribution in [0.2, 0.25) is 0 Å². The van der Waals surface area contributed by atoms with Gasteiger partial charge in [-0.25, -0.2) is 0 Å². The molecule has 0 bridgehead atoms. The summed E-state index contributed by atoms with van der Waals surface area (Å²) in [6.07, 6.45) is 3.24. The third-order valence-corrected chi connectivity index (χ3v) is 4.25. The highest BCUT2D eigenvalue weighted by Gasteiger charge is 2.21. The minimum atomic E-state index is 0.417. The number of rotatable bonds is 3. The summed E-state index contributed by atoms with van der Waals surface area (Å²) in [5.41, 5.74) is 7.93. The average Bonchev–Trinajstić information content (AvgIpc) is 2.66. The van der Waals surface area contributed by atoms with E-state index in [2.05, 4.69) is 26.0 Å². The fraction of sp³-hybridized carbons (Fsp3) is 0.538. The van der Waals surface area contributed by atoms with E-state index in [1.165, 1.54) is 23.3 Å². The van der Waals surface area contributed by atoms with Crippen molar-refractivity contribution in [3.05, 3.63) is 23.8 Å². The molecule has 0 aliphatic carbocycles. The molecule has 0 saturated carbocycles. The maximum Gasteiger partial charge on any atom is 0.0673 e. The van der Waals surface area contributed by atoms with Crippen molar-refractivity contribution in [1.82, 2.24) is 0 Å². The van der Waals surface area contributed by atoms with Gasteiger partial charge in [-0.05, 0) is 44.4 Å². The highest BCUT2D eigenvalue weighted by molar-refractivity contribution is 7.99. The molecule has 2 unspecified atom stereocenters. The Morgan fingerprint density at radius 3 is 2.94 bits per heavy atom. The minimum absolute atomic E-state index is 0.417. The number of aryl methyl sites for hydroxylation is 1. The van der Waals surface area contributed by atoms with Gasteiger partial charge in [-0.1, -0.05) is 6.07 Å². The fourth-order valence-electron chi connectivity index (χ4n) is 1.96. The molecule has 1 fully saturated rings. The van der Waals surface area contributed by atoms with Gasteiger partial charge in [0.2, 0.25) is 0 Å². The van der Waals surface area contributed by atoms with E-state index in [0.29, 0.717) is 12.2 Å². The molecule has 0 amide bonds. The van der Waals surface area contributed by atoms with Crippen LogP contribution in [0.3, 0.4) is 0 Å². The zero-order chi connectivity index (χ0) is 11.5. The Balaban J connectivity index is 1.91. The highest BCUT2D eigenvalue weighted by Crippen LogP contribution is 2.29. The smallest absolute Gasteiger partial charge is 0.0673 e. The van der Waals surface area contributed by atoms with Crippen LogP contribution in [0.1, 0.15) is 25.3 Å². The summed E-state index contributed by atoms with van der Waals surface area (Å²) in [6, 6.07) is 6.09. The van der Waals surface area contributed by atoms with Crippen molar-refractivity contribution in [2.45, 2.75) is 43.8 Å². The van der Waals surface area contributed by atoms with Gasteiger partial charge in [0.1, 0.15) is 0 Å². The van der Waals surface area contributed by atoms with Crippen molar-refractivity contribution in [3.63, 3.8) is 0 Å². The minimum Gasteiger partial charge on any atom is -0.399 e. The lowest BCUT2D eigenvalue weighted by atomic mass is 10.2. The summed E-state index contributed by atoms with van der Waals surface area (Å²) in [6.45, 7) is 4.27. The molecular formula is C13H19NOS. The lowest BCUT2D eigenvalue weighted by Crippen LogP contribution is -2.10. The molecule has 16 heavy (non-hydrogen) atoms. The van der Waals surface area contributed by atoms with Crippen molar-refractivity contribution < 1.29 is 4.74 Å². The van der Waals surface area contributed by atoms with Crippen LogP contribution in [-0.4, -0.2) is 18.0 Å². The van der Waals surface area contributed by atoms with E-state index in [0.717, 1.165) is 11.4 Å². The summed E-state index contributed by atoms with van der Waals surface area (Å²) in [7, 11) is 0. The van der Waals surface area contributed by atoms with E-state index in [1.54, 1.807) is 0 Å². The number of nitrogens with two attached hydrogens (primary N) is 1. The van der Waals surface area contributed by atoms with Crippen molar-refractivity contribution in [3.8, 4) is 0 Å². The monoisotopic (exact) mass is 237 g/mol. The van der Waals surface area contributed by atoms with Crippen LogP contribution < -0.4 is 5.73 Å². The topological polar surface area (TPSA) is 35.2 Å². The quantitative estimate of drug-likeness (QED) is 0.647. The van der Waals surface area contributed by atoms with Crippen LogP contribution in [-0.2, 0) is 4.74 Å². The summed E-state index contributed by atoms with van der Waals surface area (Å²) < 4.78 is 5.80. The third kappa shape index (κ3) is 2.92. The molecule has 1 aliphatic rings. The van der Waals surface area contributed by atoms with Gasteiger partial charge in [-0.15, -0.1) is 11.8 Å². The zero-order valence-corrected chi connectivity index (χ0v) is 10.7. The van der Waals surface area contributed by atoms with E-state index in [4.69, 9.17) is 10.5 Å². The van der Waals surface area contributed by atoms with Crippen LogP contribution >= 0.6 is 11.8 Å². The molecule has 2 N–H and O–H groups in total. The first-order valence-electron chi connectivity index (χ1n) is 5.79. The predicted molar refractivity (Wildman–Crippen MR) is 69.9 cm³/mol. The summed E-state index contributed by atoms with van der Waals surface area (Å²) in [5.74, 6) is 1.04. The molecule has 2 atom stereocenters. The average molecular weight is 237 g/mol. The Bertz CT molecular complexity index is 367. The van der Waals surface area contributed by atoms with Crippen LogP contribution in [0, 0.1) is 6.92 Å². The Hall–Kier alpha value is -0.670. The van der Waals surface area contributed by atoms with E-state index in [9.17, 15) is 0 Å². The van der Waals surface area contributed by atoms with Crippen LogP contribution in [0.15, 0.2) is 23.1 Å². The largest absolute Gasteiger partial charge is 0.399 e. The number of benzene rings is 1. The predicted octanol–water partition coefficient (Wildman–Crippen LogP) is 3.24. The number of nitrogen functional groups attached to an aromatic ring is 1. The second kappa shape index (κ2) is 5.11. The Morgan fingerprint density at radius 1 is 1.44 bits per heavy atom. The number of hydrogen-bond donors (Lipinski definition) is 1. The Morgan fingerprint density at radius 2 is 2.25 bits per heavy atom. The van der Waals surface area contributed by atoms with Crippen molar-refractivity contribution in [2.24, 2.45) is 0 Å². The van der Waals surface area contributed by atoms with E-state index in [-0.39, 0.29) is 0 Å². The third-order valence-electron chi connectivity index (χ3n) is 2.96. The van der Waals surface area contributed by atoms with Gasteiger partial charge in [0.05, 0.1) is 12.2 Å². The summed E-state index contributed by atoms with van der Waals surface area (Å²) >= 11 is 1.86. The standard InChI is InChI=1S/C13H19NOS/c1-9-3-5-11(14)7-13(9)16-8-12-6-4-10(2)15-12/h3,5,7,10,12H,4,6,8,14H2,1-2H3. The molecule has 2 nitrogen and oxygen atoms in total. The lowest BCUT2D eigenvalue weighted by Gasteiger charge is -2.12.